The molecule has 0 saturated carbocycles. The average molecular weight is 338 g/mol. The quantitative estimate of drug-likeness (QED) is 0.586. The van der Waals surface area contributed by atoms with Gasteiger partial charge in [0.25, 0.3) is 0 Å². The molecule has 3 heteroatoms. The van der Waals surface area contributed by atoms with Gasteiger partial charge in [0.15, 0.2) is 5.82 Å². The molecular weight excluding hydrogens is 308 g/mol. The van der Waals surface area contributed by atoms with Crippen LogP contribution in [-0.4, -0.2) is 16.6 Å². The molecule has 2 aromatic rings. The minimum atomic E-state index is 0.750. The fourth-order valence-corrected chi connectivity index (χ4v) is 3.42. The predicted octanol–water partition coefficient (Wildman–Crippen LogP) is 5.62. The zero-order valence-electron chi connectivity index (χ0n) is 15.6. The summed E-state index contributed by atoms with van der Waals surface area (Å²) in [6.45, 7) is 5.35. The Morgan fingerprint density at radius 2 is 1.88 bits per heavy atom. The van der Waals surface area contributed by atoms with Crippen LogP contribution in [0, 0.1) is 5.92 Å². The second-order valence-electron chi connectivity index (χ2n) is 7.30. The molecule has 0 spiro atoms. The lowest BCUT2D eigenvalue weighted by molar-refractivity contribution is 0.304. The molecule has 3 nitrogen and oxygen atoms in total. The van der Waals surface area contributed by atoms with Crippen molar-refractivity contribution in [3.63, 3.8) is 0 Å². The van der Waals surface area contributed by atoms with Crippen LogP contribution in [0.15, 0.2) is 30.5 Å². The van der Waals surface area contributed by atoms with Crippen LogP contribution in [0.5, 0.6) is 5.75 Å². The number of rotatable bonds is 8. The van der Waals surface area contributed by atoms with Gasteiger partial charge in [-0.2, -0.15) is 0 Å². The third-order valence-corrected chi connectivity index (χ3v) is 5.03. The highest BCUT2D eigenvalue weighted by atomic mass is 16.5. The van der Waals surface area contributed by atoms with Gasteiger partial charge >= 0.3 is 0 Å². The van der Waals surface area contributed by atoms with Crippen molar-refractivity contribution in [3.8, 4) is 17.1 Å². The van der Waals surface area contributed by atoms with Crippen molar-refractivity contribution in [2.75, 3.05) is 6.61 Å². The number of ether oxygens (including phenoxy) is 1. The van der Waals surface area contributed by atoms with Crippen molar-refractivity contribution < 1.29 is 4.74 Å². The Hall–Kier alpha value is -1.90. The smallest absolute Gasteiger partial charge is 0.159 e. The molecule has 0 aliphatic heterocycles. The molecule has 0 saturated heterocycles. The van der Waals surface area contributed by atoms with Gasteiger partial charge in [-0.15, -0.1) is 0 Å². The zero-order chi connectivity index (χ0) is 17.5. The van der Waals surface area contributed by atoms with E-state index in [1.165, 1.54) is 43.4 Å². The first kappa shape index (κ1) is 17.9. The Morgan fingerprint density at radius 1 is 1.08 bits per heavy atom. The Labute approximate surface area is 151 Å². The molecule has 0 amide bonds. The summed E-state index contributed by atoms with van der Waals surface area (Å²) in [7, 11) is 0. The van der Waals surface area contributed by atoms with Gasteiger partial charge in [-0.3, -0.25) is 0 Å². The molecular formula is C22H30N2O. The number of benzene rings is 1. The number of aromatic nitrogens is 2. The first-order valence-electron chi connectivity index (χ1n) is 9.84. The van der Waals surface area contributed by atoms with Gasteiger partial charge in [-0.05, 0) is 61.4 Å². The molecule has 1 aromatic heterocycles. The monoisotopic (exact) mass is 338 g/mol. The molecule has 1 unspecified atom stereocenters. The maximum absolute atomic E-state index is 5.84. The normalized spacial score (nSPS) is 16.5. The van der Waals surface area contributed by atoms with Crippen molar-refractivity contribution in [2.45, 2.75) is 65.2 Å². The van der Waals surface area contributed by atoms with Crippen LogP contribution in [0.3, 0.4) is 0 Å². The first-order valence-corrected chi connectivity index (χ1v) is 9.84. The van der Waals surface area contributed by atoms with E-state index in [-0.39, 0.29) is 0 Å². The van der Waals surface area contributed by atoms with E-state index in [9.17, 15) is 0 Å². The summed E-state index contributed by atoms with van der Waals surface area (Å²) in [6.07, 6.45) is 11.8. The number of hydrogen-bond donors (Lipinski definition) is 0. The lowest BCUT2D eigenvalue weighted by Gasteiger charge is -2.20. The number of aryl methyl sites for hydroxylation is 1. The van der Waals surface area contributed by atoms with Crippen LogP contribution in [0.1, 0.15) is 63.6 Å². The van der Waals surface area contributed by atoms with Gasteiger partial charge in [0.1, 0.15) is 5.75 Å². The van der Waals surface area contributed by atoms with Gasteiger partial charge in [0, 0.05) is 17.5 Å². The summed E-state index contributed by atoms with van der Waals surface area (Å²) < 4.78 is 5.84. The van der Waals surface area contributed by atoms with E-state index in [0.717, 1.165) is 48.9 Å². The molecule has 3 rings (SSSR count). The first-order chi connectivity index (χ1) is 12.3. The highest BCUT2D eigenvalue weighted by Crippen LogP contribution is 2.26. The summed E-state index contributed by atoms with van der Waals surface area (Å²) >= 11 is 0. The molecule has 1 aliphatic rings. The third-order valence-electron chi connectivity index (χ3n) is 5.03. The Bertz CT molecular complexity index is 666. The van der Waals surface area contributed by atoms with Crippen molar-refractivity contribution in [3.05, 3.63) is 41.7 Å². The Morgan fingerprint density at radius 3 is 2.68 bits per heavy atom. The molecule has 0 radical (unpaired) electrons. The van der Waals surface area contributed by atoms with Gasteiger partial charge in [-0.1, -0.05) is 39.5 Å². The summed E-state index contributed by atoms with van der Waals surface area (Å²) in [5, 5.41) is 0. The molecule has 1 aromatic carbocycles. The van der Waals surface area contributed by atoms with E-state index in [4.69, 9.17) is 9.72 Å². The number of fused-ring (bicyclic) bond motifs is 1. The van der Waals surface area contributed by atoms with E-state index in [2.05, 4.69) is 31.0 Å². The van der Waals surface area contributed by atoms with Crippen LogP contribution < -0.4 is 4.74 Å². The molecule has 1 aliphatic carbocycles. The third kappa shape index (κ3) is 5.04. The van der Waals surface area contributed by atoms with Crippen molar-refractivity contribution in [1.29, 1.82) is 0 Å². The molecule has 0 N–H and O–H groups in total. The topological polar surface area (TPSA) is 35.0 Å². The Balaban J connectivity index is 1.55. The van der Waals surface area contributed by atoms with Crippen molar-refractivity contribution in [1.82, 2.24) is 9.97 Å². The number of hydrogen-bond acceptors (Lipinski definition) is 3. The summed E-state index contributed by atoms with van der Waals surface area (Å²) in [5.41, 5.74) is 3.62. The average Bonchev–Trinajstić information content (AvgIpc) is 2.64. The largest absolute Gasteiger partial charge is 0.494 e. The van der Waals surface area contributed by atoms with Crippen molar-refractivity contribution in [2.24, 2.45) is 5.92 Å². The maximum Gasteiger partial charge on any atom is 0.159 e. The SMILES string of the molecule is CCCCCCCOc1ccc(-c2ncc3c(n2)CCC(C)C3)cc1. The lowest BCUT2D eigenvalue weighted by atomic mass is 9.89. The lowest BCUT2D eigenvalue weighted by Crippen LogP contribution is -2.14. The molecule has 1 atom stereocenters. The zero-order valence-corrected chi connectivity index (χ0v) is 15.6. The van der Waals surface area contributed by atoms with Gasteiger partial charge in [0.05, 0.1) is 6.61 Å². The fourth-order valence-electron chi connectivity index (χ4n) is 3.42. The summed E-state index contributed by atoms with van der Waals surface area (Å²) in [5.74, 6) is 2.52. The van der Waals surface area contributed by atoms with E-state index in [1.807, 2.05) is 18.3 Å². The van der Waals surface area contributed by atoms with Crippen molar-refractivity contribution >= 4 is 0 Å². The van der Waals surface area contributed by atoms with Gasteiger partial charge in [0.2, 0.25) is 0 Å². The molecule has 0 fully saturated rings. The highest BCUT2D eigenvalue weighted by Gasteiger charge is 2.17. The molecule has 134 valence electrons. The van der Waals surface area contributed by atoms with Gasteiger partial charge in [-0.25, -0.2) is 9.97 Å². The highest BCUT2D eigenvalue weighted by molar-refractivity contribution is 5.56. The van der Waals surface area contributed by atoms with Crippen LogP contribution >= 0.6 is 0 Å². The second-order valence-corrected chi connectivity index (χ2v) is 7.30. The van der Waals surface area contributed by atoms with Crippen LogP contribution in [0.4, 0.5) is 0 Å². The standard InChI is InChI=1S/C22H30N2O/c1-3-4-5-6-7-14-25-20-11-9-18(10-12-20)22-23-16-19-15-17(2)8-13-21(19)24-22/h9-12,16-17H,3-8,13-15H2,1-2H3. The fraction of sp³-hybridized carbons (Fsp3) is 0.545. The van der Waals surface area contributed by atoms with Crippen LogP contribution in [0.2, 0.25) is 0 Å². The number of unbranched alkanes of at least 4 members (excludes halogenated alkanes) is 4. The second kappa shape index (κ2) is 8.98. The van der Waals surface area contributed by atoms with Crippen LogP contribution in [-0.2, 0) is 12.8 Å². The predicted molar refractivity (Wildman–Crippen MR) is 103 cm³/mol. The summed E-state index contributed by atoms with van der Waals surface area (Å²) in [6, 6.07) is 8.21. The van der Waals surface area contributed by atoms with Crippen LogP contribution in [0.25, 0.3) is 11.4 Å². The molecule has 0 bridgehead atoms. The molecule has 1 heterocycles. The summed E-state index contributed by atoms with van der Waals surface area (Å²) in [4.78, 5) is 9.38. The van der Waals surface area contributed by atoms with E-state index >= 15 is 0 Å². The minimum Gasteiger partial charge on any atom is -0.494 e. The van der Waals surface area contributed by atoms with E-state index in [0.29, 0.717) is 0 Å². The Kier molecular flexibility index (Phi) is 6.43. The van der Waals surface area contributed by atoms with Gasteiger partial charge < -0.3 is 4.74 Å². The minimum absolute atomic E-state index is 0.750. The van der Waals surface area contributed by atoms with E-state index < -0.39 is 0 Å². The maximum atomic E-state index is 5.84. The van der Waals surface area contributed by atoms with E-state index in [1.54, 1.807) is 0 Å². The molecule has 25 heavy (non-hydrogen) atoms. The number of nitrogens with zero attached hydrogens (tertiary/aromatic N) is 2.